The van der Waals surface area contributed by atoms with Crippen LogP contribution in [0.4, 0.5) is 0 Å². The summed E-state index contributed by atoms with van der Waals surface area (Å²) in [7, 11) is 0. The average molecular weight is 445 g/mol. The topological polar surface area (TPSA) is 80.9 Å². The molecule has 0 radical (unpaired) electrons. The highest BCUT2D eigenvalue weighted by molar-refractivity contribution is 7.22. The minimum Gasteiger partial charge on any atom is -0.351 e. The summed E-state index contributed by atoms with van der Waals surface area (Å²) in [5.41, 5.74) is 0.786. The molecule has 1 N–H and O–H groups in total. The van der Waals surface area contributed by atoms with E-state index >= 15 is 0 Å². The first-order valence-corrected chi connectivity index (χ1v) is 11.9. The zero-order chi connectivity index (χ0) is 20.1. The Balaban J connectivity index is 1.18. The molecular formula is C20H20N4O2S3. The molecule has 0 fully saturated rings. The van der Waals surface area contributed by atoms with Crippen molar-refractivity contribution in [3.05, 3.63) is 51.5 Å². The number of thiophene rings is 2. The van der Waals surface area contributed by atoms with Crippen LogP contribution in [0.25, 0.3) is 20.6 Å². The second kappa shape index (κ2) is 9.43. The van der Waals surface area contributed by atoms with E-state index < -0.39 is 0 Å². The standard InChI is InChI=1S/C20H20N4O2S3/c1-13-17(29-20(22-13)15-8-6-12-28-15)19(25)21-10-4-2-3-9-16-23-18(24-26-16)14-7-5-11-27-14/h5-8,11-12H,2-4,9-10H2,1H3,(H,21,25). The monoisotopic (exact) mass is 444 g/mol. The highest BCUT2D eigenvalue weighted by atomic mass is 32.1. The molecule has 0 saturated heterocycles. The van der Waals surface area contributed by atoms with E-state index in [0.717, 1.165) is 46.1 Å². The lowest BCUT2D eigenvalue weighted by atomic mass is 10.2. The Kier molecular flexibility index (Phi) is 6.48. The maximum Gasteiger partial charge on any atom is 0.263 e. The third-order valence-corrected chi connectivity index (χ3v) is 7.36. The van der Waals surface area contributed by atoms with Crippen LogP contribution >= 0.6 is 34.0 Å². The fourth-order valence-electron chi connectivity index (χ4n) is 2.84. The maximum absolute atomic E-state index is 12.4. The third-order valence-electron chi connectivity index (χ3n) is 4.30. The number of thiazole rings is 1. The molecule has 29 heavy (non-hydrogen) atoms. The Labute approximate surface area is 180 Å². The minimum atomic E-state index is -0.0414. The summed E-state index contributed by atoms with van der Waals surface area (Å²) >= 11 is 4.69. The number of aromatic nitrogens is 3. The first-order valence-electron chi connectivity index (χ1n) is 9.36. The zero-order valence-corrected chi connectivity index (χ0v) is 18.3. The summed E-state index contributed by atoms with van der Waals surface area (Å²) in [6.07, 6.45) is 3.60. The van der Waals surface area contributed by atoms with Crippen LogP contribution in [0.2, 0.25) is 0 Å². The van der Waals surface area contributed by atoms with Crippen LogP contribution in [0.5, 0.6) is 0 Å². The van der Waals surface area contributed by atoms with Gasteiger partial charge < -0.3 is 9.84 Å². The molecule has 0 aliphatic heterocycles. The number of nitrogens with one attached hydrogen (secondary N) is 1. The van der Waals surface area contributed by atoms with E-state index in [1.54, 1.807) is 22.7 Å². The summed E-state index contributed by atoms with van der Waals surface area (Å²) in [5.74, 6) is 1.28. The highest BCUT2D eigenvalue weighted by Crippen LogP contribution is 2.31. The first kappa shape index (κ1) is 19.9. The Hall–Kier alpha value is -2.36. The number of nitrogens with zero attached hydrogens (tertiary/aromatic N) is 3. The fourth-order valence-corrected chi connectivity index (χ4v) is 5.26. The lowest BCUT2D eigenvalue weighted by Crippen LogP contribution is -2.24. The predicted molar refractivity (Wildman–Crippen MR) is 118 cm³/mol. The van der Waals surface area contributed by atoms with Gasteiger partial charge >= 0.3 is 0 Å². The SMILES string of the molecule is Cc1nc(-c2cccs2)sc1C(=O)NCCCCCc1nc(-c2cccs2)no1. The van der Waals surface area contributed by atoms with E-state index in [4.69, 9.17) is 4.52 Å². The molecule has 0 aromatic carbocycles. The number of hydrogen-bond acceptors (Lipinski definition) is 8. The Morgan fingerprint density at radius 2 is 1.86 bits per heavy atom. The molecule has 0 aliphatic carbocycles. The zero-order valence-electron chi connectivity index (χ0n) is 15.9. The second-order valence-corrected chi connectivity index (χ2v) is 9.36. The number of aryl methyl sites for hydroxylation is 2. The van der Waals surface area contributed by atoms with Crippen molar-refractivity contribution >= 4 is 39.9 Å². The molecule has 0 saturated carbocycles. The fraction of sp³-hybridized carbons (Fsp3) is 0.300. The number of unbranched alkanes of at least 4 members (excludes halogenated alkanes) is 2. The molecule has 6 nitrogen and oxygen atoms in total. The molecule has 150 valence electrons. The van der Waals surface area contributed by atoms with E-state index in [1.165, 1.54) is 11.3 Å². The molecule has 0 unspecified atom stereocenters. The van der Waals surface area contributed by atoms with Crippen molar-refractivity contribution in [3.8, 4) is 20.6 Å². The Morgan fingerprint density at radius 3 is 2.62 bits per heavy atom. The molecule has 4 aromatic heterocycles. The molecule has 4 aromatic rings. The van der Waals surface area contributed by atoms with Gasteiger partial charge in [-0.05, 0) is 42.7 Å². The lowest BCUT2D eigenvalue weighted by molar-refractivity contribution is 0.0956. The van der Waals surface area contributed by atoms with Gasteiger partial charge in [-0.15, -0.1) is 34.0 Å². The van der Waals surface area contributed by atoms with Gasteiger partial charge in [-0.2, -0.15) is 4.98 Å². The number of hydrogen-bond donors (Lipinski definition) is 1. The molecule has 0 aliphatic rings. The molecular weight excluding hydrogens is 424 g/mol. The lowest BCUT2D eigenvalue weighted by Gasteiger charge is -2.03. The van der Waals surface area contributed by atoms with Crippen molar-refractivity contribution in [3.63, 3.8) is 0 Å². The highest BCUT2D eigenvalue weighted by Gasteiger charge is 2.16. The molecule has 0 bridgehead atoms. The third kappa shape index (κ3) is 4.98. The van der Waals surface area contributed by atoms with Gasteiger partial charge in [-0.3, -0.25) is 4.79 Å². The minimum absolute atomic E-state index is 0.0414. The number of rotatable bonds is 9. The van der Waals surface area contributed by atoms with Crippen molar-refractivity contribution in [1.29, 1.82) is 0 Å². The Morgan fingerprint density at radius 1 is 1.07 bits per heavy atom. The average Bonchev–Trinajstić information content (AvgIpc) is 3.51. The largest absolute Gasteiger partial charge is 0.351 e. The summed E-state index contributed by atoms with van der Waals surface area (Å²) in [6.45, 7) is 2.53. The van der Waals surface area contributed by atoms with E-state index in [-0.39, 0.29) is 5.91 Å². The summed E-state index contributed by atoms with van der Waals surface area (Å²) in [6, 6.07) is 7.97. The molecule has 4 heterocycles. The number of carbonyl (C=O) groups excluding carboxylic acids is 1. The van der Waals surface area contributed by atoms with Gasteiger partial charge in [0.25, 0.3) is 5.91 Å². The summed E-state index contributed by atoms with van der Waals surface area (Å²) < 4.78 is 5.31. The van der Waals surface area contributed by atoms with Crippen LogP contribution in [-0.2, 0) is 6.42 Å². The van der Waals surface area contributed by atoms with Gasteiger partial charge in [-0.1, -0.05) is 23.7 Å². The first-order chi connectivity index (χ1) is 14.2. The van der Waals surface area contributed by atoms with Crippen molar-refractivity contribution < 1.29 is 9.32 Å². The second-order valence-electron chi connectivity index (χ2n) is 6.47. The number of amides is 1. The van der Waals surface area contributed by atoms with Crippen molar-refractivity contribution in [2.75, 3.05) is 6.54 Å². The van der Waals surface area contributed by atoms with Crippen LogP contribution in [0.15, 0.2) is 39.5 Å². The molecule has 9 heteroatoms. The summed E-state index contributed by atoms with van der Waals surface area (Å²) in [5, 5.41) is 11.9. The van der Waals surface area contributed by atoms with Gasteiger partial charge in [0.1, 0.15) is 9.88 Å². The van der Waals surface area contributed by atoms with E-state index in [9.17, 15) is 4.79 Å². The van der Waals surface area contributed by atoms with Crippen molar-refractivity contribution in [2.45, 2.75) is 32.6 Å². The van der Waals surface area contributed by atoms with Crippen LogP contribution < -0.4 is 5.32 Å². The predicted octanol–water partition coefficient (Wildman–Crippen LogP) is 5.43. The van der Waals surface area contributed by atoms with Gasteiger partial charge in [0.15, 0.2) is 0 Å². The quantitative estimate of drug-likeness (QED) is 0.348. The van der Waals surface area contributed by atoms with Crippen LogP contribution in [-0.4, -0.2) is 27.6 Å². The van der Waals surface area contributed by atoms with E-state index in [2.05, 4.69) is 20.4 Å². The molecule has 4 rings (SSSR count). The summed E-state index contributed by atoms with van der Waals surface area (Å²) in [4.78, 5) is 24.2. The van der Waals surface area contributed by atoms with E-state index in [1.807, 2.05) is 41.9 Å². The maximum atomic E-state index is 12.4. The number of carbonyl (C=O) groups is 1. The van der Waals surface area contributed by atoms with E-state index in [0.29, 0.717) is 23.1 Å². The molecule has 0 atom stereocenters. The van der Waals surface area contributed by atoms with Crippen LogP contribution in [0.1, 0.15) is 40.5 Å². The van der Waals surface area contributed by atoms with Crippen LogP contribution in [0, 0.1) is 6.92 Å². The van der Waals surface area contributed by atoms with Gasteiger partial charge in [-0.25, -0.2) is 4.98 Å². The smallest absolute Gasteiger partial charge is 0.263 e. The van der Waals surface area contributed by atoms with Gasteiger partial charge in [0, 0.05) is 13.0 Å². The molecule has 1 amide bonds. The normalized spacial score (nSPS) is 11.1. The van der Waals surface area contributed by atoms with Gasteiger partial charge in [0.05, 0.1) is 15.4 Å². The molecule has 0 spiro atoms. The van der Waals surface area contributed by atoms with Crippen molar-refractivity contribution in [2.24, 2.45) is 0 Å². The van der Waals surface area contributed by atoms with Gasteiger partial charge in [0.2, 0.25) is 11.7 Å². The van der Waals surface area contributed by atoms with Crippen LogP contribution in [0.3, 0.4) is 0 Å². The Bertz CT molecular complexity index is 1050. The van der Waals surface area contributed by atoms with Crippen molar-refractivity contribution in [1.82, 2.24) is 20.4 Å².